The first-order chi connectivity index (χ1) is 11.1. The van der Waals surface area contributed by atoms with Crippen LogP contribution in [0.4, 0.5) is 10.1 Å². The normalized spacial score (nSPS) is 11.6. The smallest absolute Gasteiger partial charge is 0.270 e. The summed E-state index contributed by atoms with van der Waals surface area (Å²) >= 11 is 0. The van der Waals surface area contributed by atoms with Crippen LogP contribution < -0.4 is 5.32 Å². The molecule has 0 spiro atoms. The summed E-state index contributed by atoms with van der Waals surface area (Å²) in [6, 6.07) is 2.89. The molecule has 1 amide bonds. The van der Waals surface area contributed by atoms with E-state index in [4.69, 9.17) is 4.74 Å². The number of non-ortho nitro benzene ring substituents is 1. The SMILES string of the molecule is CC(C)CCOC(C)(C)CCNC(=O)c1cc([N+](=O)[O-])ccc1F. The largest absolute Gasteiger partial charge is 0.375 e. The average molecular weight is 340 g/mol. The van der Waals surface area contributed by atoms with Gasteiger partial charge in [0.05, 0.1) is 16.1 Å². The zero-order chi connectivity index (χ0) is 18.3. The molecule has 0 aliphatic heterocycles. The van der Waals surface area contributed by atoms with Crippen LogP contribution in [-0.2, 0) is 4.74 Å². The molecule has 0 saturated heterocycles. The molecule has 1 aromatic carbocycles. The number of halogens is 1. The summed E-state index contributed by atoms with van der Waals surface area (Å²) in [6.07, 6.45) is 1.50. The zero-order valence-corrected chi connectivity index (χ0v) is 14.6. The molecule has 0 aliphatic rings. The van der Waals surface area contributed by atoms with Crippen molar-refractivity contribution in [2.45, 2.75) is 46.1 Å². The van der Waals surface area contributed by atoms with Crippen LogP contribution in [-0.4, -0.2) is 29.6 Å². The molecule has 0 saturated carbocycles. The quantitative estimate of drug-likeness (QED) is 0.549. The minimum absolute atomic E-state index is 0.287. The highest BCUT2D eigenvalue weighted by Crippen LogP contribution is 2.18. The first-order valence-corrected chi connectivity index (χ1v) is 7.98. The van der Waals surface area contributed by atoms with E-state index < -0.39 is 22.2 Å². The number of nitrogens with zero attached hydrogens (tertiary/aromatic N) is 1. The van der Waals surface area contributed by atoms with Crippen molar-refractivity contribution >= 4 is 11.6 Å². The number of ether oxygens (including phenoxy) is 1. The number of benzene rings is 1. The molecule has 1 aromatic rings. The van der Waals surface area contributed by atoms with Gasteiger partial charge in [0.15, 0.2) is 0 Å². The van der Waals surface area contributed by atoms with Gasteiger partial charge in [0.2, 0.25) is 0 Å². The van der Waals surface area contributed by atoms with Gasteiger partial charge in [0, 0.05) is 25.3 Å². The number of hydrogen-bond donors (Lipinski definition) is 1. The molecule has 0 aromatic heterocycles. The van der Waals surface area contributed by atoms with E-state index in [1.807, 2.05) is 13.8 Å². The van der Waals surface area contributed by atoms with E-state index in [0.29, 0.717) is 18.9 Å². The fraction of sp³-hybridized carbons (Fsp3) is 0.588. The maximum absolute atomic E-state index is 13.7. The van der Waals surface area contributed by atoms with Crippen LogP contribution in [0.25, 0.3) is 0 Å². The third-order valence-electron chi connectivity index (χ3n) is 3.61. The van der Waals surface area contributed by atoms with Crippen molar-refractivity contribution in [3.63, 3.8) is 0 Å². The van der Waals surface area contributed by atoms with Gasteiger partial charge in [-0.25, -0.2) is 4.39 Å². The minimum atomic E-state index is -0.787. The van der Waals surface area contributed by atoms with E-state index in [-0.39, 0.29) is 17.8 Å². The summed E-state index contributed by atoms with van der Waals surface area (Å²) in [5.74, 6) is -0.905. The molecule has 24 heavy (non-hydrogen) atoms. The number of carbonyl (C=O) groups is 1. The van der Waals surface area contributed by atoms with E-state index >= 15 is 0 Å². The third-order valence-corrected chi connectivity index (χ3v) is 3.61. The van der Waals surface area contributed by atoms with Gasteiger partial charge in [0.25, 0.3) is 11.6 Å². The van der Waals surface area contributed by atoms with Crippen LogP contribution >= 0.6 is 0 Å². The van der Waals surface area contributed by atoms with Gasteiger partial charge in [-0.2, -0.15) is 0 Å². The second-order valence-electron chi connectivity index (χ2n) is 6.72. The molecule has 134 valence electrons. The van der Waals surface area contributed by atoms with Crippen LogP contribution in [0, 0.1) is 21.8 Å². The van der Waals surface area contributed by atoms with Gasteiger partial charge in [-0.3, -0.25) is 14.9 Å². The standard InChI is InChI=1S/C17H25FN2O4/c1-12(2)7-10-24-17(3,4)8-9-19-16(21)14-11-13(20(22)23)5-6-15(14)18/h5-6,11-12H,7-10H2,1-4H3,(H,19,21). The van der Waals surface area contributed by atoms with Crippen molar-refractivity contribution in [1.29, 1.82) is 0 Å². The Kier molecular flexibility index (Phi) is 7.28. The van der Waals surface area contributed by atoms with Gasteiger partial charge in [-0.05, 0) is 38.7 Å². The number of nitro benzene ring substituents is 1. The second-order valence-corrected chi connectivity index (χ2v) is 6.72. The molecular formula is C17H25FN2O4. The zero-order valence-electron chi connectivity index (χ0n) is 14.6. The van der Waals surface area contributed by atoms with Gasteiger partial charge < -0.3 is 10.1 Å². The number of nitro groups is 1. The molecule has 6 nitrogen and oxygen atoms in total. The summed E-state index contributed by atoms with van der Waals surface area (Å²) in [5.41, 5.74) is -1.06. The Morgan fingerprint density at radius 1 is 1.42 bits per heavy atom. The van der Waals surface area contributed by atoms with E-state index in [1.165, 1.54) is 0 Å². The topological polar surface area (TPSA) is 81.5 Å². The first kappa shape index (κ1) is 20.0. The van der Waals surface area contributed by atoms with E-state index in [9.17, 15) is 19.3 Å². The molecule has 0 radical (unpaired) electrons. The molecule has 0 aliphatic carbocycles. The second kappa shape index (κ2) is 8.73. The van der Waals surface area contributed by atoms with Gasteiger partial charge in [0.1, 0.15) is 5.82 Å². The molecule has 1 rings (SSSR count). The summed E-state index contributed by atoms with van der Waals surface area (Å²) < 4.78 is 19.5. The van der Waals surface area contributed by atoms with E-state index in [2.05, 4.69) is 19.2 Å². The van der Waals surface area contributed by atoms with E-state index in [1.54, 1.807) is 0 Å². The van der Waals surface area contributed by atoms with Crippen molar-refractivity contribution in [3.05, 3.63) is 39.7 Å². The van der Waals surface area contributed by atoms with Crippen molar-refractivity contribution in [2.24, 2.45) is 5.92 Å². The highest BCUT2D eigenvalue weighted by molar-refractivity contribution is 5.95. The number of rotatable bonds is 9. The number of carbonyl (C=O) groups excluding carboxylic acids is 1. The Bertz CT molecular complexity index is 588. The Labute approximate surface area is 141 Å². The molecule has 7 heteroatoms. The maximum atomic E-state index is 13.7. The minimum Gasteiger partial charge on any atom is -0.375 e. The molecule has 0 unspecified atom stereocenters. The van der Waals surface area contributed by atoms with Crippen LogP contribution in [0.2, 0.25) is 0 Å². The average Bonchev–Trinajstić information content (AvgIpc) is 2.46. The lowest BCUT2D eigenvalue weighted by Gasteiger charge is -2.26. The fourth-order valence-electron chi connectivity index (χ4n) is 2.02. The Morgan fingerprint density at radius 3 is 2.67 bits per heavy atom. The van der Waals surface area contributed by atoms with Gasteiger partial charge in [-0.1, -0.05) is 13.8 Å². The van der Waals surface area contributed by atoms with Crippen LogP contribution in [0.1, 0.15) is 50.9 Å². The summed E-state index contributed by atoms with van der Waals surface area (Å²) in [6.45, 7) is 9.00. The molecule has 0 fully saturated rings. The lowest BCUT2D eigenvalue weighted by molar-refractivity contribution is -0.384. The molecule has 0 bridgehead atoms. The summed E-state index contributed by atoms with van der Waals surface area (Å²) in [4.78, 5) is 22.1. The maximum Gasteiger partial charge on any atom is 0.270 e. The predicted molar refractivity (Wildman–Crippen MR) is 89.5 cm³/mol. The fourth-order valence-corrected chi connectivity index (χ4v) is 2.02. The number of hydrogen-bond acceptors (Lipinski definition) is 4. The number of nitrogens with one attached hydrogen (secondary N) is 1. The molecule has 0 atom stereocenters. The monoisotopic (exact) mass is 340 g/mol. The number of amides is 1. The van der Waals surface area contributed by atoms with Gasteiger partial charge >= 0.3 is 0 Å². The molecule has 0 heterocycles. The van der Waals surface area contributed by atoms with Crippen molar-refractivity contribution < 1.29 is 18.8 Å². The highest BCUT2D eigenvalue weighted by Gasteiger charge is 2.20. The molecular weight excluding hydrogens is 315 g/mol. The molecule has 1 N–H and O–H groups in total. The summed E-state index contributed by atoms with van der Waals surface area (Å²) in [5, 5.41) is 13.3. The predicted octanol–water partition coefficient (Wildman–Crippen LogP) is 3.70. The lowest BCUT2D eigenvalue weighted by atomic mass is 10.0. The lowest BCUT2D eigenvalue weighted by Crippen LogP contribution is -2.33. The Balaban J connectivity index is 2.54. The first-order valence-electron chi connectivity index (χ1n) is 7.98. The van der Waals surface area contributed by atoms with Gasteiger partial charge in [-0.15, -0.1) is 0 Å². The Hall–Kier alpha value is -2.02. The Morgan fingerprint density at radius 2 is 2.08 bits per heavy atom. The van der Waals surface area contributed by atoms with Crippen molar-refractivity contribution in [1.82, 2.24) is 5.32 Å². The van der Waals surface area contributed by atoms with Crippen LogP contribution in [0.5, 0.6) is 0 Å². The highest BCUT2D eigenvalue weighted by atomic mass is 19.1. The van der Waals surface area contributed by atoms with Crippen LogP contribution in [0.3, 0.4) is 0 Å². The van der Waals surface area contributed by atoms with E-state index in [0.717, 1.165) is 24.6 Å². The van der Waals surface area contributed by atoms with Crippen LogP contribution in [0.15, 0.2) is 18.2 Å². The third kappa shape index (κ3) is 6.62. The van der Waals surface area contributed by atoms with Crippen molar-refractivity contribution in [3.8, 4) is 0 Å². The summed E-state index contributed by atoms with van der Waals surface area (Å²) in [7, 11) is 0. The van der Waals surface area contributed by atoms with Crippen molar-refractivity contribution in [2.75, 3.05) is 13.2 Å².